The molecule has 0 saturated carbocycles. The van der Waals surface area contributed by atoms with Gasteiger partial charge < -0.3 is 23.2 Å². The van der Waals surface area contributed by atoms with Gasteiger partial charge in [0.1, 0.15) is 6.04 Å². The minimum atomic E-state index is -1.03. The summed E-state index contributed by atoms with van der Waals surface area (Å²) in [4.78, 5) is 0. The number of aryl methyl sites for hydroxylation is 2. The highest BCUT2D eigenvalue weighted by Crippen LogP contribution is 2.19. The van der Waals surface area contributed by atoms with Crippen molar-refractivity contribution in [3.63, 3.8) is 0 Å². The summed E-state index contributed by atoms with van der Waals surface area (Å²) in [5.74, 6) is 0. The first-order valence-electron chi connectivity index (χ1n) is 9.61. The average Bonchev–Trinajstić information content (AvgIpc) is 2.63. The van der Waals surface area contributed by atoms with E-state index in [1.54, 1.807) is 0 Å². The highest BCUT2D eigenvalue weighted by Gasteiger charge is 2.21. The zero-order valence-electron chi connectivity index (χ0n) is 19.1. The molecule has 0 aliphatic heterocycles. The van der Waals surface area contributed by atoms with Gasteiger partial charge >= 0.3 is 0 Å². The average molecular weight is 459 g/mol. The molecule has 0 bridgehead atoms. The normalized spacial score (nSPS) is 13.0. The van der Waals surface area contributed by atoms with Crippen LogP contribution in [0.25, 0.3) is 0 Å². The van der Waals surface area contributed by atoms with E-state index in [4.69, 9.17) is 5.11 Å². The van der Waals surface area contributed by atoms with Gasteiger partial charge in [-0.2, -0.15) is 0 Å². The Kier molecular flexibility index (Phi) is 18.3. The number of hydrogen-bond acceptors (Lipinski definition) is 2. The third-order valence-corrected chi connectivity index (χ3v) is 5.89. The molecular formula is C24H43ClN2O2S. The van der Waals surface area contributed by atoms with Gasteiger partial charge in [-0.3, -0.25) is 0 Å². The van der Waals surface area contributed by atoms with Crippen molar-refractivity contribution in [2.45, 2.75) is 72.7 Å². The first-order chi connectivity index (χ1) is 13.0. The second-order valence-corrected chi connectivity index (χ2v) is 9.83. The van der Waals surface area contributed by atoms with Crippen LogP contribution >= 0.6 is 0 Å². The van der Waals surface area contributed by atoms with Crippen molar-refractivity contribution in [3.05, 3.63) is 70.8 Å². The molecule has 174 valence electrons. The molecule has 0 amide bonds. The lowest BCUT2D eigenvalue weighted by molar-refractivity contribution is -0.420. The Morgan fingerprint density at radius 3 is 1.57 bits per heavy atom. The number of hydrogen-bond donors (Lipinski definition) is 3. The Labute approximate surface area is 193 Å². The third-order valence-electron chi connectivity index (χ3n) is 4.21. The fourth-order valence-electron chi connectivity index (χ4n) is 2.61. The van der Waals surface area contributed by atoms with E-state index in [9.17, 15) is 4.21 Å². The maximum Gasteiger partial charge on any atom is 0.107 e. The summed E-state index contributed by atoms with van der Waals surface area (Å²) >= 11 is 0. The van der Waals surface area contributed by atoms with Crippen molar-refractivity contribution in [1.29, 1.82) is 0 Å². The minimum Gasteiger partial charge on any atom is -1.00 e. The lowest BCUT2D eigenvalue weighted by atomic mass is 10.0. The van der Waals surface area contributed by atoms with E-state index in [1.807, 2.05) is 39.8 Å². The van der Waals surface area contributed by atoms with Crippen molar-refractivity contribution in [1.82, 2.24) is 4.72 Å². The van der Waals surface area contributed by atoms with Crippen molar-refractivity contribution in [2.75, 3.05) is 7.11 Å². The molecule has 0 unspecified atom stereocenters. The summed E-state index contributed by atoms with van der Waals surface area (Å²) in [6, 6.07) is 17.1. The summed E-state index contributed by atoms with van der Waals surface area (Å²) in [5, 5.41) is 7.00. The summed E-state index contributed by atoms with van der Waals surface area (Å²) in [6.07, 6.45) is 0. The first-order valence-corrected chi connectivity index (χ1v) is 10.8. The van der Waals surface area contributed by atoms with E-state index in [0.717, 1.165) is 7.11 Å². The molecule has 0 heterocycles. The zero-order chi connectivity index (χ0) is 21.9. The quantitative estimate of drug-likeness (QED) is 0.651. The van der Waals surface area contributed by atoms with Crippen LogP contribution in [0.5, 0.6) is 0 Å². The molecule has 0 aliphatic carbocycles. The van der Waals surface area contributed by atoms with Crippen LogP contribution in [0.2, 0.25) is 0 Å². The molecule has 0 fully saturated rings. The largest absolute Gasteiger partial charge is 1.00 e. The number of rotatable bonds is 4. The van der Waals surface area contributed by atoms with Gasteiger partial charge in [0.25, 0.3) is 0 Å². The number of aliphatic hydroxyl groups excluding tert-OH is 1. The summed E-state index contributed by atoms with van der Waals surface area (Å²) in [7, 11) is -0.0262. The van der Waals surface area contributed by atoms with Crippen LogP contribution in [-0.2, 0) is 11.0 Å². The van der Waals surface area contributed by atoms with E-state index >= 15 is 0 Å². The Balaban J connectivity index is -0.000000453. The second kappa shape index (κ2) is 16.5. The Bertz CT molecular complexity index is 731. The molecule has 2 rings (SSSR count). The van der Waals surface area contributed by atoms with Gasteiger partial charge in [-0.25, -0.2) is 8.93 Å². The Morgan fingerprint density at radius 2 is 1.27 bits per heavy atom. The van der Waals surface area contributed by atoms with Crippen LogP contribution in [-0.4, -0.2) is 21.2 Å². The third kappa shape index (κ3) is 11.8. The molecular weight excluding hydrogens is 416 g/mol. The van der Waals surface area contributed by atoms with E-state index in [-0.39, 0.29) is 30.6 Å². The van der Waals surface area contributed by atoms with Crippen LogP contribution in [0.1, 0.15) is 76.4 Å². The van der Waals surface area contributed by atoms with Crippen LogP contribution in [0.3, 0.4) is 0 Å². The maximum absolute atomic E-state index is 12.0. The van der Waals surface area contributed by atoms with Gasteiger partial charge in [-0.1, -0.05) is 56.0 Å². The van der Waals surface area contributed by atoms with E-state index < -0.39 is 11.0 Å². The molecule has 0 aromatic heterocycles. The maximum atomic E-state index is 12.0. The SMILES string of the molecule is C.CO.Cc1ccccc1[C@H](C)N[S@](=O)C(C)(C)C.Cc1ccccc1[C@H](C)[NH3+].[Cl-]. The fourth-order valence-corrected chi connectivity index (χ4v) is 3.41. The lowest BCUT2D eigenvalue weighted by Gasteiger charge is -2.23. The van der Waals surface area contributed by atoms with Crippen LogP contribution in [0.4, 0.5) is 0 Å². The summed E-state index contributed by atoms with van der Waals surface area (Å²) < 4.78 is 14.9. The summed E-state index contributed by atoms with van der Waals surface area (Å²) in [6.45, 7) is 14.3. The number of halogens is 1. The van der Waals surface area contributed by atoms with Crippen molar-refractivity contribution < 1.29 is 27.5 Å². The molecule has 2 aromatic rings. The number of benzene rings is 2. The zero-order valence-corrected chi connectivity index (χ0v) is 20.7. The molecule has 2 aromatic carbocycles. The molecule has 0 aliphatic rings. The van der Waals surface area contributed by atoms with Gasteiger partial charge in [0.05, 0.1) is 15.7 Å². The molecule has 0 radical (unpaired) electrons. The monoisotopic (exact) mass is 458 g/mol. The van der Waals surface area contributed by atoms with E-state index in [1.165, 1.54) is 22.3 Å². The topological polar surface area (TPSA) is 77.0 Å². The highest BCUT2D eigenvalue weighted by molar-refractivity contribution is 7.84. The molecule has 0 saturated heterocycles. The second-order valence-electron chi connectivity index (χ2n) is 7.83. The molecule has 3 atom stereocenters. The molecule has 6 heteroatoms. The molecule has 0 spiro atoms. The standard InChI is InChI=1S/C13H21NOS.C9H13N.CH4O.CH4.ClH/c1-10-8-6-7-9-12(10)11(2)14-16(15)13(3,4)5;1-7-5-3-4-6-9(7)8(2)10;1-2;;/h6-9,11,14H,1-5H3;3-6,8H,10H2,1-2H3;2H,1H3;1H4;1H/t11-,16+;8-;;;/m00.../s1. The van der Waals surface area contributed by atoms with Crippen LogP contribution in [0.15, 0.2) is 48.5 Å². The Morgan fingerprint density at radius 1 is 0.900 bits per heavy atom. The smallest absolute Gasteiger partial charge is 0.107 e. The predicted molar refractivity (Wildman–Crippen MR) is 128 cm³/mol. The van der Waals surface area contributed by atoms with Gasteiger partial charge in [0.2, 0.25) is 0 Å². The fraction of sp³-hybridized carbons (Fsp3) is 0.500. The van der Waals surface area contributed by atoms with Crippen molar-refractivity contribution >= 4 is 11.0 Å². The van der Waals surface area contributed by atoms with Gasteiger partial charge in [-0.15, -0.1) is 0 Å². The predicted octanol–water partition coefficient (Wildman–Crippen LogP) is 1.65. The Hall–Kier alpha value is -1.24. The van der Waals surface area contributed by atoms with Gasteiger partial charge in [-0.05, 0) is 65.2 Å². The van der Waals surface area contributed by atoms with Crippen LogP contribution in [0, 0.1) is 13.8 Å². The number of quaternary nitrogens is 1. The van der Waals surface area contributed by atoms with Crippen molar-refractivity contribution in [3.8, 4) is 0 Å². The lowest BCUT2D eigenvalue weighted by Crippen LogP contribution is -3.00. The number of aliphatic hydroxyl groups is 1. The van der Waals surface area contributed by atoms with Gasteiger partial charge in [0.15, 0.2) is 0 Å². The summed E-state index contributed by atoms with van der Waals surface area (Å²) in [5.41, 5.74) is 9.10. The van der Waals surface area contributed by atoms with Crippen LogP contribution < -0.4 is 22.9 Å². The highest BCUT2D eigenvalue weighted by atomic mass is 35.5. The van der Waals surface area contributed by atoms with E-state index in [2.05, 4.69) is 67.6 Å². The molecule has 30 heavy (non-hydrogen) atoms. The van der Waals surface area contributed by atoms with Crippen molar-refractivity contribution in [2.24, 2.45) is 0 Å². The minimum absolute atomic E-state index is 0. The first kappa shape index (κ1) is 33.4. The number of nitrogens with one attached hydrogen (secondary N) is 1. The van der Waals surface area contributed by atoms with Gasteiger partial charge in [0, 0.05) is 18.7 Å². The van der Waals surface area contributed by atoms with E-state index in [0.29, 0.717) is 6.04 Å². The molecule has 5 N–H and O–H groups in total. The molecule has 4 nitrogen and oxygen atoms in total.